The Balaban J connectivity index is 1.99. The Labute approximate surface area is 117 Å². The molecule has 0 aliphatic carbocycles. The molecule has 1 unspecified atom stereocenters. The summed E-state index contributed by atoms with van der Waals surface area (Å²) in [5.74, 6) is -1.20. The van der Waals surface area contributed by atoms with E-state index in [9.17, 15) is 9.59 Å². The van der Waals surface area contributed by atoms with Crippen molar-refractivity contribution in [1.82, 2.24) is 5.32 Å². The Hall–Kier alpha value is -1.33. The summed E-state index contributed by atoms with van der Waals surface area (Å²) in [5.41, 5.74) is 0.815. The van der Waals surface area contributed by atoms with Crippen LogP contribution in [-0.4, -0.2) is 30.3 Å². The molecule has 0 amide bonds. The molecule has 2 atom stereocenters. The quantitative estimate of drug-likeness (QED) is 0.498. The minimum atomic E-state index is -0.528. The zero-order valence-electron chi connectivity index (χ0n) is 10.5. The van der Waals surface area contributed by atoms with Crippen LogP contribution in [0, 0.1) is 0 Å². The van der Waals surface area contributed by atoms with Gasteiger partial charge in [0.05, 0.1) is 5.92 Å². The molecule has 0 bridgehead atoms. The van der Waals surface area contributed by atoms with Gasteiger partial charge in [-0.25, -0.2) is 4.79 Å². The molecule has 1 aromatic carbocycles. The maximum Gasteiger partial charge on any atom is 0.330 e. The van der Waals surface area contributed by atoms with Crippen LogP contribution in [0.1, 0.15) is 24.3 Å². The number of carbonyl (C=O) groups is 2. The summed E-state index contributed by atoms with van der Waals surface area (Å²) in [5, 5.41) is 3.01. The summed E-state index contributed by atoms with van der Waals surface area (Å²) in [7, 11) is 0. The molecular weight excluding hydrogens is 262 g/mol. The van der Waals surface area contributed by atoms with Crippen molar-refractivity contribution < 1.29 is 14.3 Å². The second-order valence-corrected chi connectivity index (χ2v) is 4.90. The molecule has 1 fully saturated rings. The Bertz CT molecular complexity index is 443. The number of nitrogens with one attached hydrogen (secondary N) is 1. The third-order valence-corrected chi connectivity index (χ3v) is 3.58. The molecule has 4 nitrogen and oxygen atoms in total. The number of esters is 2. The average Bonchev–Trinajstić information content (AvgIpc) is 2.94. The van der Waals surface area contributed by atoms with Crippen LogP contribution >= 0.6 is 12.6 Å². The predicted molar refractivity (Wildman–Crippen MR) is 75.2 cm³/mol. The first-order valence-corrected chi connectivity index (χ1v) is 7.00. The number of carbonyl (C=O) groups excluding carboxylic acids is 2. The first kappa shape index (κ1) is 14.1. The van der Waals surface area contributed by atoms with E-state index in [0.717, 1.165) is 24.9 Å². The van der Waals surface area contributed by atoms with Crippen LogP contribution in [0.5, 0.6) is 0 Å². The van der Waals surface area contributed by atoms with Crippen molar-refractivity contribution >= 4 is 24.6 Å². The van der Waals surface area contributed by atoms with Gasteiger partial charge in [0.15, 0.2) is 0 Å². The van der Waals surface area contributed by atoms with E-state index in [1.165, 1.54) is 0 Å². The van der Waals surface area contributed by atoms with Gasteiger partial charge in [0.2, 0.25) is 0 Å². The Morgan fingerprint density at radius 2 is 2.11 bits per heavy atom. The van der Waals surface area contributed by atoms with Crippen molar-refractivity contribution in [3.8, 4) is 0 Å². The zero-order chi connectivity index (χ0) is 13.7. The molecular formula is C14H17NO3S. The maximum absolute atomic E-state index is 12.0. The van der Waals surface area contributed by atoms with Crippen LogP contribution in [0.4, 0.5) is 0 Å². The number of thiol groups is 1. The number of rotatable bonds is 4. The highest BCUT2D eigenvalue weighted by molar-refractivity contribution is 7.80. The summed E-state index contributed by atoms with van der Waals surface area (Å²) >= 11 is 4.17. The van der Waals surface area contributed by atoms with Gasteiger partial charge in [-0.1, -0.05) is 30.3 Å². The summed E-state index contributed by atoms with van der Waals surface area (Å²) < 4.78 is 4.95. The van der Waals surface area contributed by atoms with E-state index in [1.807, 2.05) is 30.3 Å². The number of hydrogen-bond acceptors (Lipinski definition) is 5. The third kappa shape index (κ3) is 3.58. The lowest BCUT2D eigenvalue weighted by atomic mass is 10.0. The molecule has 19 heavy (non-hydrogen) atoms. The number of ether oxygens (including phenoxy) is 1. The molecule has 5 heteroatoms. The van der Waals surface area contributed by atoms with E-state index in [4.69, 9.17) is 4.74 Å². The minimum absolute atomic E-state index is 0.314. The first-order valence-electron chi connectivity index (χ1n) is 6.37. The molecule has 1 saturated heterocycles. The van der Waals surface area contributed by atoms with Crippen LogP contribution < -0.4 is 5.32 Å². The molecule has 0 saturated carbocycles. The molecule has 2 rings (SSSR count). The summed E-state index contributed by atoms with van der Waals surface area (Å²) in [6, 6.07) is 8.89. The zero-order valence-corrected chi connectivity index (χ0v) is 11.4. The van der Waals surface area contributed by atoms with E-state index in [0.29, 0.717) is 5.75 Å². The Kier molecular flexibility index (Phi) is 4.99. The third-order valence-electron chi connectivity index (χ3n) is 3.22. The standard InChI is InChI=1S/C14H17NO3S/c16-13(18-14(17)12-7-4-8-15-12)11(9-19)10-5-2-1-3-6-10/h1-3,5-6,11-12,15,19H,4,7-9H2/t11?,12-/m0/s1. The summed E-state index contributed by atoms with van der Waals surface area (Å²) in [4.78, 5) is 23.8. The highest BCUT2D eigenvalue weighted by Crippen LogP contribution is 2.19. The van der Waals surface area contributed by atoms with E-state index < -0.39 is 17.9 Å². The Morgan fingerprint density at radius 3 is 2.68 bits per heavy atom. The van der Waals surface area contributed by atoms with Gasteiger partial charge in [-0.15, -0.1) is 0 Å². The fourth-order valence-electron chi connectivity index (χ4n) is 2.13. The van der Waals surface area contributed by atoms with Crippen molar-refractivity contribution in [2.45, 2.75) is 24.8 Å². The van der Waals surface area contributed by atoms with E-state index in [-0.39, 0.29) is 6.04 Å². The summed E-state index contributed by atoms with van der Waals surface area (Å²) in [6.45, 7) is 0.794. The van der Waals surface area contributed by atoms with Gasteiger partial charge in [0.1, 0.15) is 6.04 Å². The van der Waals surface area contributed by atoms with Gasteiger partial charge in [-0.05, 0) is 24.9 Å². The molecule has 1 aliphatic rings. The lowest BCUT2D eigenvalue weighted by Crippen LogP contribution is -2.35. The second-order valence-electron chi connectivity index (χ2n) is 4.53. The van der Waals surface area contributed by atoms with E-state index >= 15 is 0 Å². The minimum Gasteiger partial charge on any atom is -0.391 e. The highest BCUT2D eigenvalue weighted by atomic mass is 32.1. The highest BCUT2D eigenvalue weighted by Gasteiger charge is 2.29. The number of hydrogen-bond donors (Lipinski definition) is 2. The maximum atomic E-state index is 12.0. The van der Waals surface area contributed by atoms with Gasteiger partial charge in [0.25, 0.3) is 0 Å². The van der Waals surface area contributed by atoms with Crippen LogP contribution in [-0.2, 0) is 14.3 Å². The molecule has 1 N–H and O–H groups in total. The fraction of sp³-hybridized carbons (Fsp3) is 0.429. The first-order chi connectivity index (χ1) is 9.22. The van der Waals surface area contributed by atoms with Crippen molar-refractivity contribution in [2.24, 2.45) is 0 Å². The normalized spacial score (nSPS) is 19.9. The lowest BCUT2D eigenvalue weighted by molar-refractivity contribution is -0.161. The average molecular weight is 279 g/mol. The monoisotopic (exact) mass is 279 g/mol. The Morgan fingerprint density at radius 1 is 1.37 bits per heavy atom. The van der Waals surface area contributed by atoms with Gasteiger partial charge in [-0.2, -0.15) is 12.6 Å². The lowest BCUT2D eigenvalue weighted by Gasteiger charge is -2.15. The van der Waals surface area contributed by atoms with Gasteiger partial charge in [-0.3, -0.25) is 4.79 Å². The van der Waals surface area contributed by atoms with Crippen molar-refractivity contribution in [3.05, 3.63) is 35.9 Å². The van der Waals surface area contributed by atoms with Crippen molar-refractivity contribution in [2.75, 3.05) is 12.3 Å². The number of benzene rings is 1. The van der Waals surface area contributed by atoms with Gasteiger partial charge in [0, 0.05) is 5.75 Å². The molecule has 0 spiro atoms. The molecule has 0 aromatic heterocycles. The van der Waals surface area contributed by atoms with E-state index in [1.54, 1.807) is 0 Å². The largest absolute Gasteiger partial charge is 0.391 e. The topological polar surface area (TPSA) is 55.4 Å². The molecule has 1 heterocycles. The molecule has 1 aliphatic heterocycles. The molecule has 1 aromatic rings. The summed E-state index contributed by atoms with van der Waals surface area (Å²) in [6.07, 6.45) is 1.66. The fourth-order valence-corrected chi connectivity index (χ4v) is 2.49. The van der Waals surface area contributed by atoms with Crippen LogP contribution in [0.3, 0.4) is 0 Å². The molecule has 102 valence electrons. The van der Waals surface area contributed by atoms with Gasteiger partial charge < -0.3 is 10.1 Å². The SMILES string of the molecule is O=C(OC(=O)[C@@H]1CCCN1)C(CS)c1ccccc1. The van der Waals surface area contributed by atoms with Crippen LogP contribution in [0.2, 0.25) is 0 Å². The van der Waals surface area contributed by atoms with Crippen molar-refractivity contribution in [1.29, 1.82) is 0 Å². The van der Waals surface area contributed by atoms with E-state index in [2.05, 4.69) is 17.9 Å². The second kappa shape index (κ2) is 6.73. The van der Waals surface area contributed by atoms with Gasteiger partial charge >= 0.3 is 11.9 Å². The predicted octanol–water partition coefficient (Wildman–Crippen LogP) is 1.52. The van der Waals surface area contributed by atoms with Crippen LogP contribution in [0.15, 0.2) is 30.3 Å². The molecule has 0 radical (unpaired) electrons. The van der Waals surface area contributed by atoms with Crippen molar-refractivity contribution in [3.63, 3.8) is 0 Å². The smallest absolute Gasteiger partial charge is 0.330 e. The van der Waals surface area contributed by atoms with Crippen LogP contribution in [0.25, 0.3) is 0 Å².